The van der Waals surface area contributed by atoms with Gasteiger partial charge in [-0.25, -0.2) is 0 Å². The van der Waals surface area contributed by atoms with Crippen molar-refractivity contribution in [2.75, 3.05) is 12.1 Å². The minimum atomic E-state index is -0.579. The molecule has 1 aliphatic heterocycles. The number of nitrogens with one attached hydrogen (secondary N) is 1. The molecule has 0 fully saturated rings. The Kier molecular flexibility index (Phi) is 5.12. The van der Waals surface area contributed by atoms with Gasteiger partial charge in [0.05, 0.1) is 0 Å². The summed E-state index contributed by atoms with van der Waals surface area (Å²) in [5, 5.41) is 2.91. The molecule has 0 spiro atoms. The minimum Gasteiger partial charge on any atom is -0.480 e. The maximum atomic E-state index is 12.5. The summed E-state index contributed by atoms with van der Waals surface area (Å²) in [7, 11) is 0. The third-order valence-corrected chi connectivity index (χ3v) is 4.13. The Bertz CT molecular complexity index is 740. The molecule has 1 heterocycles. The van der Waals surface area contributed by atoms with Gasteiger partial charge in [-0.05, 0) is 42.2 Å². The van der Waals surface area contributed by atoms with Crippen molar-refractivity contribution in [2.45, 2.75) is 39.2 Å². The highest BCUT2D eigenvalue weighted by Crippen LogP contribution is 2.35. The smallest absolute Gasteiger partial charge is 0.265 e. The maximum absolute atomic E-state index is 12.5. The van der Waals surface area contributed by atoms with Crippen LogP contribution in [0.3, 0.4) is 0 Å². The molecule has 1 N–H and O–H groups in total. The number of anilines is 1. The third kappa shape index (κ3) is 4.05. The number of rotatable bonds is 6. The van der Waals surface area contributed by atoms with Crippen LogP contribution in [-0.4, -0.2) is 18.8 Å². The van der Waals surface area contributed by atoms with Crippen molar-refractivity contribution in [3.05, 3.63) is 48.0 Å². The topological polar surface area (TPSA) is 56.8 Å². The molecule has 132 valence electrons. The first-order valence-electron chi connectivity index (χ1n) is 8.54. The van der Waals surface area contributed by atoms with E-state index in [0.29, 0.717) is 29.6 Å². The zero-order valence-corrected chi connectivity index (χ0v) is 14.7. The second-order valence-corrected chi connectivity index (χ2v) is 6.30. The third-order valence-electron chi connectivity index (χ3n) is 4.13. The van der Waals surface area contributed by atoms with E-state index in [0.717, 1.165) is 5.69 Å². The van der Waals surface area contributed by atoms with Gasteiger partial charge in [0.15, 0.2) is 17.6 Å². The van der Waals surface area contributed by atoms with E-state index < -0.39 is 6.10 Å². The van der Waals surface area contributed by atoms with E-state index in [1.165, 1.54) is 5.56 Å². The predicted molar refractivity (Wildman–Crippen MR) is 96.4 cm³/mol. The molecule has 0 bridgehead atoms. The summed E-state index contributed by atoms with van der Waals surface area (Å²) >= 11 is 0. The van der Waals surface area contributed by atoms with Crippen LogP contribution in [0.5, 0.6) is 17.2 Å². The van der Waals surface area contributed by atoms with Crippen LogP contribution in [0.1, 0.15) is 38.7 Å². The number of hydrogen-bond donors (Lipinski definition) is 1. The number of hydrogen-bond acceptors (Lipinski definition) is 4. The Morgan fingerprint density at radius 3 is 2.52 bits per heavy atom. The molecule has 0 aromatic heterocycles. The summed E-state index contributed by atoms with van der Waals surface area (Å²) < 4.78 is 16.5. The molecule has 1 amide bonds. The van der Waals surface area contributed by atoms with E-state index in [4.69, 9.17) is 14.2 Å². The molecule has 5 nitrogen and oxygen atoms in total. The van der Waals surface area contributed by atoms with Crippen molar-refractivity contribution in [3.8, 4) is 17.2 Å². The van der Waals surface area contributed by atoms with Crippen LogP contribution < -0.4 is 19.5 Å². The molecule has 0 aliphatic carbocycles. The lowest BCUT2D eigenvalue weighted by atomic mass is 10.0. The standard InChI is InChI=1S/C20H23NO4/c1-4-17(25-16-9-10-18-19(11-16)24-12-23-18)20(22)21-15-7-5-14(6-8-15)13(2)3/h5-11,13,17H,4,12H2,1-3H3,(H,21,22). The van der Waals surface area contributed by atoms with Crippen molar-refractivity contribution in [1.29, 1.82) is 0 Å². The van der Waals surface area contributed by atoms with Gasteiger partial charge in [0.2, 0.25) is 6.79 Å². The lowest BCUT2D eigenvalue weighted by Crippen LogP contribution is -2.32. The minimum absolute atomic E-state index is 0.169. The fourth-order valence-electron chi connectivity index (χ4n) is 2.61. The van der Waals surface area contributed by atoms with Gasteiger partial charge in [-0.15, -0.1) is 0 Å². The van der Waals surface area contributed by atoms with Crippen LogP contribution in [0.4, 0.5) is 5.69 Å². The molecule has 0 saturated carbocycles. The summed E-state index contributed by atoms with van der Waals surface area (Å²) in [6.45, 7) is 6.40. The second kappa shape index (κ2) is 7.47. The average Bonchev–Trinajstić information content (AvgIpc) is 3.07. The second-order valence-electron chi connectivity index (χ2n) is 6.30. The molecule has 0 saturated heterocycles. The lowest BCUT2D eigenvalue weighted by molar-refractivity contribution is -0.122. The number of carbonyl (C=O) groups excluding carboxylic acids is 1. The quantitative estimate of drug-likeness (QED) is 0.849. The van der Waals surface area contributed by atoms with Crippen LogP contribution in [0.2, 0.25) is 0 Å². The first-order chi connectivity index (χ1) is 12.1. The van der Waals surface area contributed by atoms with Gasteiger partial charge in [-0.3, -0.25) is 4.79 Å². The van der Waals surface area contributed by atoms with Crippen LogP contribution >= 0.6 is 0 Å². The summed E-state index contributed by atoms with van der Waals surface area (Å²) in [6.07, 6.45) is -0.0187. The van der Waals surface area contributed by atoms with Crippen molar-refractivity contribution < 1.29 is 19.0 Å². The van der Waals surface area contributed by atoms with E-state index in [-0.39, 0.29) is 12.7 Å². The normalized spacial score (nSPS) is 13.6. The molecular formula is C20H23NO4. The van der Waals surface area contributed by atoms with Gasteiger partial charge in [-0.1, -0.05) is 32.9 Å². The predicted octanol–water partition coefficient (Wildman–Crippen LogP) is 4.33. The first kappa shape index (κ1) is 17.1. The Morgan fingerprint density at radius 2 is 1.84 bits per heavy atom. The molecule has 2 aromatic rings. The highest BCUT2D eigenvalue weighted by Gasteiger charge is 2.20. The summed E-state index contributed by atoms with van der Waals surface area (Å²) in [5.41, 5.74) is 2.00. The number of fused-ring (bicyclic) bond motifs is 1. The van der Waals surface area contributed by atoms with Gasteiger partial charge in [-0.2, -0.15) is 0 Å². The molecule has 1 aliphatic rings. The molecule has 1 atom stereocenters. The molecule has 1 unspecified atom stereocenters. The number of benzene rings is 2. The molecule has 0 radical (unpaired) electrons. The number of amides is 1. The van der Waals surface area contributed by atoms with Crippen LogP contribution in [0, 0.1) is 0 Å². The Balaban J connectivity index is 1.64. The van der Waals surface area contributed by atoms with Gasteiger partial charge < -0.3 is 19.5 Å². The molecule has 5 heteroatoms. The van der Waals surface area contributed by atoms with Gasteiger partial charge in [0, 0.05) is 11.8 Å². The highest BCUT2D eigenvalue weighted by atomic mass is 16.7. The molecule has 2 aromatic carbocycles. The number of carbonyl (C=O) groups is 1. The zero-order valence-electron chi connectivity index (χ0n) is 14.7. The average molecular weight is 341 g/mol. The highest BCUT2D eigenvalue weighted by molar-refractivity contribution is 5.94. The van der Waals surface area contributed by atoms with Crippen molar-refractivity contribution in [2.24, 2.45) is 0 Å². The van der Waals surface area contributed by atoms with E-state index in [9.17, 15) is 4.79 Å². The fourth-order valence-corrected chi connectivity index (χ4v) is 2.61. The van der Waals surface area contributed by atoms with E-state index in [1.807, 2.05) is 31.2 Å². The van der Waals surface area contributed by atoms with Crippen molar-refractivity contribution in [3.63, 3.8) is 0 Å². The number of ether oxygens (including phenoxy) is 3. The van der Waals surface area contributed by atoms with Crippen LogP contribution in [0.15, 0.2) is 42.5 Å². The van der Waals surface area contributed by atoms with Gasteiger partial charge in [0.25, 0.3) is 5.91 Å². The SMILES string of the molecule is CCC(Oc1ccc2c(c1)OCO2)C(=O)Nc1ccc(C(C)C)cc1. The van der Waals surface area contributed by atoms with Crippen LogP contribution in [-0.2, 0) is 4.79 Å². The Labute approximate surface area is 147 Å². The largest absolute Gasteiger partial charge is 0.480 e. The Hall–Kier alpha value is -2.69. The van der Waals surface area contributed by atoms with Gasteiger partial charge in [0.1, 0.15) is 5.75 Å². The fraction of sp³-hybridized carbons (Fsp3) is 0.350. The summed E-state index contributed by atoms with van der Waals surface area (Å²) in [4.78, 5) is 12.5. The maximum Gasteiger partial charge on any atom is 0.265 e. The molecule has 3 rings (SSSR count). The zero-order chi connectivity index (χ0) is 17.8. The lowest BCUT2D eigenvalue weighted by Gasteiger charge is -2.18. The Morgan fingerprint density at radius 1 is 1.12 bits per heavy atom. The van der Waals surface area contributed by atoms with Crippen molar-refractivity contribution in [1.82, 2.24) is 0 Å². The first-order valence-corrected chi connectivity index (χ1v) is 8.54. The van der Waals surface area contributed by atoms with Crippen LogP contribution in [0.25, 0.3) is 0 Å². The van der Waals surface area contributed by atoms with E-state index >= 15 is 0 Å². The summed E-state index contributed by atoms with van der Waals surface area (Å²) in [5.74, 6) is 2.20. The summed E-state index contributed by atoms with van der Waals surface area (Å²) in [6, 6.07) is 13.2. The monoisotopic (exact) mass is 341 g/mol. The van der Waals surface area contributed by atoms with Gasteiger partial charge >= 0.3 is 0 Å². The van der Waals surface area contributed by atoms with E-state index in [2.05, 4.69) is 19.2 Å². The van der Waals surface area contributed by atoms with E-state index in [1.54, 1.807) is 18.2 Å². The molecule has 25 heavy (non-hydrogen) atoms. The van der Waals surface area contributed by atoms with Crippen molar-refractivity contribution >= 4 is 11.6 Å². The molecular weight excluding hydrogens is 318 g/mol.